The Balaban J connectivity index is 0.00000329. The monoisotopic (exact) mass is 602 g/mol. The van der Waals surface area contributed by atoms with Gasteiger partial charge < -0.3 is 28.3 Å². The van der Waals surface area contributed by atoms with Crippen molar-refractivity contribution in [2.24, 2.45) is 0 Å². The van der Waals surface area contributed by atoms with Crippen molar-refractivity contribution in [1.29, 1.82) is 5.26 Å². The lowest BCUT2D eigenvalue weighted by molar-refractivity contribution is -0.0916. The maximum Gasteiger partial charge on any atom is 0.273 e. The average Bonchev–Trinajstić information content (AvgIpc) is 3.50. The number of fused-ring (bicyclic) bond motifs is 4. The summed E-state index contributed by atoms with van der Waals surface area (Å²) in [7, 11) is 1.56. The molecule has 1 amide bonds. The third kappa shape index (κ3) is 5.52. The Bertz CT molecular complexity index is 1690. The number of benzene rings is 1. The molecule has 2 bridgehead atoms. The summed E-state index contributed by atoms with van der Waals surface area (Å²) >= 11 is 0. The van der Waals surface area contributed by atoms with E-state index in [0.29, 0.717) is 71.5 Å². The number of nitriles is 1. The third-order valence-corrected chi connectivity index (χ3v) is 8.30. The van der Waals surface area contributed by atoms with E-state index in [4.69, 9.17) is 23.4 Å². The third-order valence-electron chi connectivity index (χ3n) is 8.30. The standard InChI is InChI=1S/C32H30N4O6.ClH/c1-38-29-14-27(32(37)36-17-23-4-3-21(36)18-40-23)35-16-25(29)30-13-26-31(42-30)24(6-9-34-26)19-2-5-28(20(12-19)15-33)41-22-7-10-39-11-8-22;/h2,5-6,9,12-14,16,21-23H,3-4,7-8,10-11,17-18H2,1H3;1H. The molecule has 10 nitrogen and oxygen atoms in total. The number of aromatic nitrogens is 2. The lowest BCUT2D eigenvalue weighted by Gasteiger charge is -2.44. The second-order valence-electron chi connectivity index (χ2n) is 10.8. The van der Waals surface area contributed by atoms with E-state index < -0.39 is 0 Å². The molecule has 4 aromatic rings. The lowest BCUT2D eigenvalue weighted by atomic mass is 9.96. The van der Waals surface area contributed by atoms with Gasteiger partial charge in [-0.2, -0.15) is 5.26 Å². The van der Waals surface area contributed by atoms with Gasteiger partial charge in [-0.05, 0) is 36.6 Å². The predicted molar refractivity (Wildman–Crippen MR) is 159 cm³/mol. The molecule has 4 aliphatic heterocycles. The summed E-state index contributed by atoms with van der Waals surface area (Å²) in [5.41, 5.74) is 4.21. The summed E-state index contributed by atoms with van der Waals surface area (Å²) in [6.45, 7) is 2.48. The minimum atomic E-state index is -0.121. The lowest BCUT2D eigenvalue weighted by Crippen LogP contribution is -2.56. The molecule has 0 N–H and O–H groups in total. The van der Waals surface area contributed by atoms with Crippen LogP contribution in [0.3, 0.4) is 0 Å². The summed E-state index contributed by atoms with van der Waals surface area (Å²) in [6, 6.07) is 13.3. The van der Waals surface area contributed by atoms with Gasteiger partial charge >= 0.3 is 0 Å². The van der Waals surface area contributed by atoms with Crippen molar-refractivity contribution < 1.29 is 28.2 Å². The first-order valence-corrected chi connectivity index (χ1v) is 14.3. The zero-order valence-corrected chi connectivity index (χ0v) is 24.5. The van der Waals surface area contributed by atoms with Crippen LogP contribution >= 0.6 is 12.4 Å². The van der Waals surface area contributed by atoms with Crippen LogP contribution in [0.5, 0.6) is 11.5 Å². The minimum Gasteiger partial charge on any atom is -0.496 e. The molecule has 8 rings (SSSR count). The van der Waals surface area contributed by atoms with E-state index in [1.54, 1.807) is 25.6 Å². The van der Waals surface area contributed by atoms with Crippen LogP contribution in [0, 0.1) is 11.3 Å². The number of halogens is 1. The molecule has 0 saturated carbocycles. The highest BCUT2D eigenvalue weighted by Gasteiger charge is 2.38. The van der Waals surface area contributed by atoms with Gasteiger partial charge in [-0.1, -0.05) is 6.07 Å². The van der Waals surface area contributed by atoms with Crippen LogP contribution < -0.4 is 9.47 Å². The number of furan rings is 1. The van der Waals surface area contributed by atoms with Crippen LogP contribution in [0.2, 0.25) is 0 Å². The number of piperidine rings is 1. The summed E-state index contributed by atoms with van der Waals surface area (Å²) in [5.74, 6) is 1.44. The second-order valence-corrected chi connectivity index (χ2v) is 10.8. The first-order chi connectivity index (χ1) is 20.6. The molecule has 3 aromatic heterocycles. The van der Waals surface area contributed by atoms with Crippen molar-refractivity contribution in [3.63, 3.8) is 0 Å². The summed E-state index contributed by atoms with van der Waals surface area (Å²) in [4.78, 5) is 24.2. The predicted octanol–water partition coefficient (Wildman–Crippen LogP) is 5.42. The number of carbonyl (C=O) groups is 1. The van der Waals surface area contributed by atoms with E-state index in [-0.39, 0.29) is 36.6 Å². The van der Waals surface area contributed by atoms with Crippen LogP contribution in [-0.2, 0) is 9.47 Å². The van der Waals surface area contributed by atoms with Gasteiger partial charge in [0.1, 0.15) is 40.6 Å². The van der Waals surface area contributed by atoms with Crippen LogP contribution in [0.25, 0.3) is 33.6 Å². The molecule has 0 aliphatic carbocycles. The molecule has 2 atom stereocenters. The van der Waals surface area contributed by atoms with Crippen LogP contribution in [0.4, 0.5) is 0 Å². The van der Waals surface area contributed by atoms with Gasteiger partial charge in [-0.15, -0.1) is 12.4 Å². The SMILES string of the molecule is COc1cc(C(=O)N2CC3CCC2CO3)ncc1-c1cc2nccc(-c3ccc(OC4CCOCC4)c(C#N)c3)c2o1.Cl. The van der Waals surface area contributed by atoms with Crippen LogP contribution in [-0.4, -0.2) is 72.5 Å². The summed E-state index contributed by atoms with van der Waals surface area (Å²) in [5, 5.41) is 9.87. The Morgan fingerprint density at radius 1 is 1.05 bits per heavy atom. The average molecular weight is 603 g/mol. The van der Waals surface area contributed by atoms with Crippen molar-refractivity contribution in [2.75, 3.05) is 33.5 Å². The van der Waals surface area contributed by atoms with E-state index in [0.717, 1.165) is 36.8 Å². The highest BCUT2D eigenvalue weighted by atomic mass is 35.5. The van der Waals surface area contributed by atoms with Gasteiger partial charge in [0.05, 0.1) is 50.2 Å². The molecule has 0 radical (unpaired) electrons. The zero-order chi connectivity index (χ0) is 28.6. The zero-order valence-electron chi connectivity index (χ0n) is 23.7. The molecule has 4 fully saturated rings. The molecule has 0 spiro atoms. The van der Waals surface area contributed by atoms with E-state index in [9.17, 15) is 10.1 Å². The molecule has 4 aliphatic rings. The fraction of sp³-hybridized carbons (Fsp3) is 0.375. The highest BCUT2D eigenvalue weighted by Crippen LogP contribution is 2.38. The normalized spacial score (nSPS) is 20.0. The first kappa shape index (κ1) is 28.9. The molecule has 222 valence electrons. The van der Waals surface area contributed by atoms with Gasteiger partial charge in [0.15, 0.2) is 5.58 Å². The first-order valence-electron chi connectivity index (χ1n) is 14.3. The van der Waals surface area contributed by atoms with Crippen LogP contribution in [0.1, 0.15) is 41.7 Å². The van der Waals surface area contributed by atoms with Crippen molar-refractivity contribution in [3.8, 4) is 40.0 Å². The fourth-order valence-electron chi connectivity index (χ4n) is 6.01. The Labute approximate surface area is 254 Å². The summed E-state index contributed by atoms with van der Waals surface area (Å²) < 4.78 is 29.3. The number of ether oxygens (including phenoxy) is 4. The van der Waals surface area contributed by atoms with Crippen molar-refractivity contribution in [2.45, 2.75) is 43.9 Å². The van der Waals surface area contributed by atoms with E-state index >= 15 is 0 Å². The van der Waals surface area contributed by atoms with Crippen molar-refractivity contribution in [1.82, 2.24) is 14.9 Å². The van der Waals surface area contributed by atoms with E-state index in [1.165, 1.54) is 0 Å². The molecule has 11 heteroatoms. The topological polar surface area (TPSA) is 120 Å². The van der Waals surface area contributed by atoms with Crippen LogP contribution in [0.15, 0.2) is 53.2 Å². The quantitative estimate of drug-likeness (QED) is 0.285. The van der Waals surface area contributed by atoms with Gasteiger partial charge in [0.25, 0.3) is 5.91 Å². The van der Waals surface area contributed by atoms with Crippen molar-refractivity contribution >= 4 is 29.4 Å². The van der Waals surface area contributed by atoms with Crippen molar-refractivity contribution in [3.05, 3.63) is 60.0 Å². The molecule has 1 aromatic carbocycles. The van der Waals surface area contributed by atoms with Gasteiger partial charge in [0, 0.05) is 49.5 Å². The Morgan fingerprint density at radius 3 is 2.63 bits per heavy atom. The number of methoxy groups -OCH3 is 1. The minimum absolute atomic E-state index is 0. The number of hydrogen-bond donors (Lipinski definition) is 0. The van der Waals surface area contributed by atoms with Gasteiger partial charge in [-0.3, -0.25) is 14.8 Å². The highest BCUT2D eigenvalue weighted by molar-refractivity contribution is 5.95. The number of rotatable bonds is 6. The number of pyridine rings is 2. The van der Waals surface area contributed by atoms with Gasteiger partial charge in [-0.25, -0.2) is 0 Å². The Hall–Kier alpha value is -4.17. The Kier molecular flexibility index (Phi) is 8.21. The van der Waals surface area contributed by atoms with E-state index in [2.05, 4.69) is 16.0 Å². The van der Waals surface area contributed by atoms with E-state index in [1.807, 2.05) is 35.2 Å². The second kappa shape index (κ2) is 12.2. The molecule has 2 unspecified atom stereocenters. The summed E-state index contributed by atoms with van der Waals surface area (Å²) in [6.07, 6.45) is 6.98. The molecular weight excluding hydrogens is 572 g/mol. The number of morpholine rings is 1. The maximum absolute atomic E-state index is 13.3. The molecule has 7 heterocycles. The number of amides is 1. The molecule has 43 heavy (non-hydrogen) atoms. The number of carbonyl (C=O) groups excluding carboxylic acids is 1. The smallest absolute Gasteiger partial charge is 0.273 e. The largest absolute Gasteiger partial charge is 0.496 e. The number of nitrogens with zero attached hydrogens (tertiary/aromatic N) is 4. The number of hydrogen-bond acceptors (Lipinski definition) is 9. The maximum atomic E-state index is 13.3. The molecule has 4 saturated heterocycles. The van der Waals surface area contributed by atoms with Gasteiger partial charge in [0.2, 0.25) is 0 Å². The Morgan fingerprint density at radius 2 is 1.91 bits per heavy atom. The molecular formula is C32H31ClN4O6. The fourth-order valence-corrected chi connectivity index (χ4v) is 6.01.